The molecule has 0 radical (unpaired) electrons. The van der Waals surface area contributed by atoms with Crippen LogP contribution in [0.1, 0.15) is 175 Å². The van der Waals surface area contributed by atoms with Gasteiger partial charge >= 0.3 is 17.9 Å². The van der Waals surface area contributed by atoms with Crippen LogP contribution in [0.5, 0.6) is 0 Å². The summed E-state index contributed by atoms with van der Waals surface area (Å²) >= 11 is 0. The van der Waals surface area contributed by atoms with Crippen molar-refractivity contribution >= 4 is 17.9 Å². The SMILES string of the molecule is CC\C=C/C=C\C=C/C=C\C=C\C=C/C=C\CCCCCC(=O)OCC(COC(=O)CCCCC/C=C\CCCCCCCC)OC(=O)CCCCC\C=C/C=C\C=C/C=C\CC. The highest BCUT2D eigenvalue weighted by atomic mass is 16.6. The lowest BCUT2D eigenvalue weighted by molar-refractivity contribution is -0.167. The molecule has 0 fully saturated rings. The molecule has 0 heterocycles. The first-order valence-electron chi connectivity index (χ1n) is 24.5. The number of allylic oxidation sites excluding steroid dienone is 24. The molecule has 6 heteroatoms. The van der Waals surface area contributed by atoms with E-state index in [0.717, 1.165) is 83.5 Å². The zero-order chi connectivity index (χ0) is 45.8. The van der Waals surface area contributed by atoms with E-state index in [9.17, 15) is 14.4 Å². The molecule has 0 saturated heterocycles. The average molecular weight is 867 g/mol. The molecule has 63 heavy (non-hydrogen) atoms. The molecule has 0 aliphatic carbocycles. The van der Waals surface area contributed by atoms with Crippen molar-refractivity contribution in [2.24, 2.45) is 0 Å². The molecule has 0 rings (SSSR count). The summed E-state index contributed by atoms with van der Waals surface area (Å²) in [5.41, 5.74) is 0. The fourth-order valence-electron chi connectivity index (χ4n) is 5.96. The van der Waals surface area contributed by atoms with Gasteiger partial charge < -0.3 is 14.2 Å². The van der Waals surface area contributed by atoms with Gasteiger partial charge in [-0.15, -0.1) is 0 Å². The first kappa shape index (κ1) is 58.3. The van der Waals surface area contributed by atoms with E-state index < -0.39 is 6.10 Å². The lowest BCUT2D eigenvalue weighted by Gasteiger charge is -2.18. The molecule has 0 bridgehead atoms. The van der Waals surface area contributed by atoms with Gasteiger partial charge in [-0.1, -0.05) is 218 Å². The number of esters is 3. The molecule has 1 atom stereocenters. The largest absolute Gasteiger partial charge is 0.462 e. The predicted molar refractivity (Wildman–Crippen MR) is 269 cm³/mol. The number of carbonyl (C=O) groups is 3. The van der Waals surface area contributed by atoms with Crippen molar-refractivity contribution in [3.63, 3.8) is 0 Å². The zero-order valence-electron chi connectivity index (χ0n) is 39.8. The van der Waals surface area contributed by atoms with E-state index in [1.807, 2.05) is 109 Å². The molecule has 0 aliphatic heterocycles. The monoisotopic (exact) mass is 867 g/mol. The lowest BCUT2D eigenvalue weighted by atomic mass is 10.1. The Kier molecular flexibility index (Phi) is 46.2. The molecular formula is C57H86O6. The molecule has 1 unspecified atom stereocenters. The van der Waals surface area contributed by atoms with E-state index in [-0.39, 0.29) is 44.0 Å². The predicted octanol–water partition coefficient (Wildman–Crippen LogP) is 16.1. The van der Waals surface area contributed by atoms with Gasteiger partial charge in [0.1, 0.15) is 13.2 Å². The molecular weight excluding hydrogens is 781 g/mol. The van der Waals surface area contributed by atoms with Gasteiger partial charge in [0.2, 0.25) is 0 Å². The number of hydrogen-bond acceptors (Lipinski definition) is 6. The lowest BCUT2D eigenvalue weighted by Crippen LogP contribution is -2.30. The molecule has 0 aromatic rings. The minimum Gasteiger partial charge on any atom is -0.462 e. The van der Waals surface area contributed by atoms with Crippen LogP contribution in [0.15, 0.2) is 146 Å². The molecule has 0 spiro atoms. The van der Waals surface area contributed by atoms with E-state index in [2.05, 4.69) is 57.2 Å². The van der Waals surface area contributed by atoms with E-state index in [1.54, 1.807) is 0 Å². The Morgan fingerprint density at radius 3 is 1.02 bits per heavy atom. The van der Waals surface area contributed by atoms with Crippen molar-refractivity contribution in [1.82, 2.24) is 0 Å². The Labute approximate surface area is 385 Å². The fourth-order valence-corrected chi connectivity index (χ4v) is 5.96. The molecule has 0 N–H and O–H groups in total. The van der Waals surface area contributed by atoms with Crippen LogP contribution in [-0.4, -0.2) is 37.2 Å². The Balaban J connectivity index is 4.60. The van der Waals surface area contributed by atoms with Crippen LogP contribution >= 0.6 is 0 Å². The van der Waals surface area contributed by atoms with E-state index in [1.165, 1.54) is 38.5 Å². The number of unbranched alkanes of at least 4 members (excludes halogenated alkanes) is 15. The highest BCUT2D eigenvalue weighted by molar-refractivity contribution is 5.71. The van der Waals surface area contributed by atoms with Crippen molar-refractivity contribution in [3.8, 4) is 0 Å². The zero-order valence-corrected chi connectivity index (χ0v) is 39.8. The van der Waals surface area contributed by atoms with Crippen LogP contribution in [0.4, 0.5) is 0 Å². The van der Waals surface area contributed by atoms with Crippen LogP contribution in [0.2, 0.25) is 0 Å². The van der Waals surface area contributed by atoms with Crippen LogP contribution in [-0.2, 0) is 28.6 Å². The third kappa shape index (κ3) is 48.2. The number of ether oxygens (including phenoxy) is 3. The maximum atomic E-state index is 12.7. The summed E-state index contributed by atoms with van der Waals surface area (Å²) in [7, 11) is 0. The summed E-state index contributed by atoms with van der Waals surface area (Å²) in [6.45, 7) is 6.22. The normalized spacial score (nSPS) is 13.4. The summed E-state index contributed by atoms with van der Waals surface area (Å²) in [6.07, 6.45) is 71.1. The minimum atomic E-state index is -0.829. The summed E-state index contributed by atoms with van der Waals surface area (Å²) < 4.78 is 16.7. The highest BCUT2D eigenvalue weighted by Gasteiger charge is 2.19. The summed E-state index contributed by atoms with van der Waals surface area (Å²) in [5.74, 6) is -1.04. The minimum absolute atomic E-state index is 0.124. The molecule has 0 amide bonds. The number of carbonyl (C=O) groups excluding carboxylic acids is 3. The number of rotatable bonds is 41. The second-order valence-corrected chi connectivity index (χ2v) is 15.5. The van der Waals surface area contributed by atoms with Gasteiger partial charge in [-0.3, -0.25) is 14.4 Å². The molecule has 0 aliphatic rings. The third-order valence-electron chi connectivity index (χ3n) is 9.60. The smallest absolute Gasteiger partial charge is 0.306 e. The van der Waals surface area contributed by atoms with Gasteiger partial charge in [0.15, 0.2) is 6.10 Å². The first-order chi connectivity index (χ1) is 31.0. The maximum Gasteiger partial charge on any atom is 0.306 e. The maximum absolute atomic E-state index is 12.7. The van der Waals surface area contributed by atoms with Gasteiger partial charge in [0.05, 0.1) is 0 Å². The van der Waals surface area contributed by atoms with E-state index >= 15 is 0 Å². The molecule has 6 nitrogen and oxygen atoms in total. The topological polar surface area (TPSA) is 78.9 Å². The molecule has 350 valence electrons. The third-order valence-corrected chi connectivity index (χ3v) is 9.60. The summed E-state index contributed by atoms with van der Waals surface area (Å²) in [5, 5.41) is 0. The van der Waals surface area contributed by atoms with Crippen molar-refractivity contribution < 1.29 is 28.6 Å². The first-order valence-corrected chi connectivity index (χ1v) is 24.5. The molecule has 0 aromatic carbocycles. The van der Waals surface area contributed by atoms with Gasteiger partial charge in [-0.05, 0) is 83.5 Å². The Morgan fingerprint density at radius 2 is 0.635 bits per heavy atom. The number of hydrogen-bond donors (Lipinski definition) is 0. The Morgan fingerprint density at radius 1 is 0.333 bits per heavy atom. The van der Waals surface area contributed by atoms with Gasteiger partial charge in [0.25, 0.3) is 0 Å². The van der Waals surface area contributed by atoms with Gasteiger partial charge in [-0.2, -0.15) is 0 Å². The second kappa shape index (κ2) is 49.9. The van der Waals surface area contributed by atoms with Crippen molar-refractivity contribution in [1.29, 1.82) is 0 Å². The van der Waals surface area contributed by atoms with Crippen LogP contribution in [0.3, 0.4) is 0 Å². The Bertz CT molecular complexity index is 1460. The van der Waals surface area contributed by atoms with Gasteiger partial charge in [-0.25, -0.2) is 0 Å². The van der Waals surface area contributed by atoms with E-state index in [4.69, 9.17) is 14.2 Å². The Hall–Kier alpha value is -4.71. The highest BCUT2D eigenvalue weighted by Crippen LogP contribution is 2.12. The quantitative estimate of drug-likeness (QED) is 0.0200. The van der Waals surface area contributed by atoms with Crippen molar-refractivity contribution in [2.75, 3.05) is 13.2 Å². The van der Waals surface area contributed by atoms with Gasteiger partial charge in [0, 0.05) is 19.3 Å². The average Bonchev–Trinajstić information content (AvgIpc) is 3.28. The molecule has 0 aromatic heterocycles. The van der Waals surface area contributed by atoms with E-state index in [0.29, 0.717) is 19.3 Å². The standard InChI is InChI=1S/C57H86O6/c1-4-7-10-13-16-19-22-25-26-27-28-29-30-33-35-38-41-44-47-50-56(59)62-53-54(63-57(60)51-48-45-42-39-36-32-24-21-18-15-12-9-6-3)52-61-55(58)49-46-43-40-37-34-31-23-20-17-14-11-8-5-2/h7,9-10,12-13,15-16,18-19,21-22,24-36,54H,4-6,8,11,14,17,20,23,37-53H2,1-3H3/b10-7-,12-9-,16-13-,18-15-,22-19-,24-21-,26-25-,28-27+,30-29-,34-31-,35-33-,36-32-. The van der Waals surface area contributed by atoms with Crippen LogP contribution in [0, 0.1) is 0 Å². The van der Waals surface area contributed by atoms with Crippen LogP contribution in [0.25, 0.3) is 0 Å². The fraction of sp³-hybridized carbons (Fsp3) is 0.526. The van der Waals surface area contributed by atoms with Crippen molar-refractivity contribution in [2.45, 2.75) is 181 Å². The summed E-state index contributed by atoms with van der Waals surface area (Å²) in [4.78, 5) is 37.9. The molecule has 0 saturated carbocycles. The van der Waals surface area contributed by atoms with Crippen molar-refractivity contribution in [3.05, 3.63) is 146 Å². The second-order valence-electron chi connectivity index (χ2n) is 15.5. The summed E-state index contributed by atoms with van der Waals surface area (Å²) in [6, 6.07) is 0. The van der Waals surface area contributed by atoms with Crippen LogP contribution < -0.4 is 0 Å².